The molecule has 8 rings (SSSR count). The van der Waals surface area contributed by atoms with Crippen molar-refractivity contribution in [2.45, 2.75) is 20.3 Å². The zero-order valence-corrected chi connectivity index (χ0v) is 18.8. The Bertz CT molecular complexity index is 1620. The van der Waals surface area contributed by atoms with Gasteiger partial charge in [0, 0.05) is 9.79 Å². The molecule has 0 saturated carbocycles. The van der Waals surface area contributed by atoms with Crippen molar-refractivity contribution >= 4 is 66.6 Å². The fourth-order valence-corrected chi connectivity index (χ4v) is 8.72. The number of fused-ring (bicyclic) bond motifs is 9. The van der Waals surface area contributed by atoms with Gasteiger partial charge in [-0.1, -0.05) is 48.5 Å². The molecule has 2 heteroatoms. The molecular weight excluding hydrogens is 424 g/mol. The van der Waals surface area contributed by atoms with Crippen molar-refractivity contribution in [3.8, 4) is 0 Å². The van der Waals surface area contributed by atoms with Crippen LogP contribution in [-0.4, -0.2) is 0 Å². The molecule has 0 spiro atoms. The zero-order chi connectivity index (χ0) is 20.8. The molecule has 2 heterocycles. The fourth-order valence-electron chi connectivity index (χ4n) is 5.48. The summed E-state index contributed by atoms with van der Waals surface area (Å²) in [5.74, 6) is 0. The van der Waals surface area contributed by atoms with Gasteiger partial charge >= 0.3 is 0 Å². The summed E-state index contributed by atoms with van der Waals surface area (Å²) in [4.78, 5) is 2.92. The van der Waals surface area contributed by atoms with Crippen LogP contribution in [0.15, 0.2) is 107 Å². The van der Waals surface area contributed by atoms with E-state index >= 15 is 0 Å². The van der Waals surface area contributed by atoms with E-state index in [9.17, 15) is 0 Å². The first-order valence-corrected chi connectivity index (χ1v) is 12.8. The third kappa shape index (κ3) is 2.42. The molecule has 0 aromatic heterocycles. The first-order chi connectivity index (χ1) is 15.8. The smallest absolute Gasteiger partial charge is 0.0519 e. The van der Waals surface area contributed by atoms with Gasteiger partial charge in [0.05, 0.1) is 10.5 Å². The van der Waals surface area contributed by atoms with Gasteiger partial charge < -0.3 is 0 Å². The van der Waals surface area contributed by atoms with Gasteiger partial charge in [0.1, 0.15) is 0 Å². The lowest BCUT2D eigenvalue weighted by Crippen LogP contribution is -1.92. The molecule has 0 nitrogen and oxygen atoms in total. The maximum atomic E-state index is 2.46. The van der Waals surface area contributed by atoms with Crippen LogP contribution in [0.1, 0.15) is 21.6 Å². The van der Waals surface area contributed by atoms with Gasteiger partial charge in [-0.25, -0.2) is 0 Å². The second-order valence-electron chi connectivity index (χ2n) is 8.95. The highest BCUT2D eigenvalue weighted by molar-refractivity contribution is 8.05. The first-order valence-electron chi connectivity index (χ1n) is 11.1. The summed E-state index contributed by atoms with van der Waals surface area (Å²) in [5.41, 5.74) is 3.02. The summed E-state index contributed by atoms with van der Waals surface area (Å²) < 4.78 is 0. The van der Waals surface area contributed by atoms with Crippen LogP contribution in [0.3, 0.4) is 0 Å². The second kappa shape index (κ2) is 6.31. The molecule has 0 fully saturated rings. The van der Waals surface area contributed by atoms with E-state index in [1.807, 2.05) is 0 Å². The highest BCUT2D eigenvalue weighted by Gasteiger charge is 2.41. The Labute approximate surface area is 194 Å². The van der Waals surface area contributed by atoms with Crippen LogP contribution >= 0.6 is 23.5 Å². The molecule has 0 N–H and O–H groups in total. The SMILES string of the molecule is c1ccc2cc3cc4c(cc3cc2c1)SC1c2cc3cc5ccccc5cc3cc2SC41. The van der Waals surface area contributed by atoms with Crippen molar-refractivity contribution < 1.29 is 0 Å². The van der Waals surface area contributed by atoms with Crippen LogP contribution in [-0.2, 0) is 0 Å². The fraction of sp³-hybridized carbons (Fsp3) is 0.0667. The van der Waals surface area contributed by atoms with Crippen LogP contribution in [0, 0.1) is 0 Å². The predicted octanol–water partition coefficient (Wildman–Crippen LogP) is 9.29. The number of thioether (sulfide) groups is 2. The van der Waals surface area contributed by atoms with Gasteiger partial charge in [0.15, 0.2) is 0 Å². The minimum absolute atomic E-state index is 0.507. The molecule has 0 amide bonds. The highest BCUT2D eigenvalue weighted by atomic mass is 32.2. The molecule has 0 saturated heterocycles. The first kappa shape index (κ1) is 17.6. The maximum absolute atomic E-state index is 2.46. The van der Waals surface area contributed by atoms with E-state index in [2.05, 4.69) is 121 Å². The molecule has 2 atom stereocenters. The Morgan fingerprint density at radius 3 is 1.09 bits per heavy atom. The number of benzene rings is 6. The molecule has 150 valence electrons. The standard InChI is InChI=1S/C30H18S2/c1-3-7-19-11-23-15-27-25(13-21(23)9-17(19)5-1)29-30(31-27)26-14-22-10-18-6-2-4-8-20(18)12-24(22)16-28(26)32-29/h1-16,29-30H. The van der Waals surface area contributed by atoms with Crippen LogP contribution in [0.2, 0.25) is 0 Å². The highest BCUT2D eigenvalue weighted by Crippen LogP contribution is 2.67. The monoisotopic (exact) mass is 442 g/mol. The molecule has 2 unspecified atom stereocenters. The predicted molar refractivity (Wildman–Crippen MR) is 140 cm³/mol. The van der Waals surface area contributed by atoms with E-state index in [1.165, 1.54) is 64.0 Å². The van der Waals surface area contributed by atoms with Crippen molar-refractivity contribution in [2.24, 2.45) is 0 Å². The van der Waals surface area contributed by atoms with Crippen molar-refractivity contribution in [1.82, 2.24) is 0 Å². The van der Waals surface area contributed by atoms with Crippen molar-refractivity contribution in [2.75, 3.05) is 0 Å². The van der Waals surface area contributed by atoms with E-state index in [0.717, 1.165) is 0 Å². The summed E-state index contributed by atoms with van der Waals surface area (Å²) in [6.07, 6.45) is 0. The Kier molecular flexibility index (Phi) is 3.47. The third-order valence-electron chi connectivity index (χ3n) is 7.06. The van der Waals surface area contributed by atoms with E-state index in [-0.39, 0.29) is 0 Å². The largest absolute Gasteiger partial charge is 0.116 e. The third-order valence-corrected chi connectivity index (χ3v) is 10.0. The normalized spacial score (nSPS) is 19.0. The van der Waals surface area contributed by atoms with E-state index in [0.29, 0.717) is 10.5 Å². The Balaban J connectivity index is 1.28. The minimum atomic E-state index is 0.507. The van der Waals surface area contributed by atoms with Crippen LogP contribution in [0.5, 0.6) is 0 Å². The van der Waals surface area contributed by atoms with Gasteiger partial charge in [0.2, 0.25) is 0 Å². The summed E-state index contributed by atoms with van der Waals surface area (Å²) in [6.45, 7) is 0. The molecule has 2 aliphatic heterocycles. The quantitative estimate of drug-likeness (QED) is 0.215. The Hall–Kier alpha value is -2.94. The van der Waals surface area contributed by atoms with Gasteiger partial charge in [-0.3, -0.25) is 0 Å². The second-order valence-corrected chi connectivity index (χ2v) is 11.3. The summed E-state index contributed by atoms with van der Waals surface area (Å²) in [6, 6.07) is 36.6. The van der Waals surface area contributed by atoms with E-state index < -0.39 is 0 Å². The molecule has 2 aliphatic rings. The lowest BCUT2D eigenvalue weighted by Gasteiger charge is -2.09. The molecule has 0 bridgehead atoms. The molecule has 0 radical (unpaired) electrons. The van der Waals surface area contributed by atoms with Crippen molar-refractivity contribution in [3.63, 3.8) is 0 Å². The molecular formula is C30H18S2. The lowest BCUT2D eigenvalue weighted by atomic mass is 9.97. The maximum Gasteiger partial charge on any atom is 0.0519 e. The molecule has 0 aliphatic carbocycles. The average molecular weight is 443 g/mol. The minimum Gasteiger partial charge on any atom is -0.116 e. The van der Waals surface area contributed by atoms with Gasteiger partial charge in [-0.2, -0.15) is 0 Å². The van der Waals surface area contributed by atoms with E-state index in [4.69, 9.17) is 0 Å². The molecule has 6 aromatic carbocycles. The zero-order valence-electron chi connectivity index (χ0n) is 17.2. The lowest BCUT2D eigenvalue weighted by molar-refractivity contribution is 0.943. The van der Waals surface area contributed by atoms with Gasteiger partial charge in [0.25, 0.3) is 0 Å². The van der Waals surface area contributed by atoms with Crippen molar-refractivity contribution in [1.29, 1.82) is 0 Å². The molecule has 6 aromatic rings. The van der Waals surface area contributed by atoms with Crippen LogP contribution in [0.4, 0.5) is 0 Å². The number of hydrogen-bond donors (Lipinski definition) is 0. The summed E-state index contributed by atoms with van der Waals surface area (Å²) in [5, 5.41) is 11.7. The Morgan fingerprint density at radius 1 is 0.375 bits per heavy atom. The van der Waals surface area contributed by atoms with Gasteiger partial charge in [-0.05, 0) is 103 Å². The summed E-state index contributed by atoms with van der Waals surface area (Å²) >= 11 is 4.12. The van der Waals surface area contributed by atoms with Crippen LogP contribution in [0.25, 0.3) is 43.1 Å². The summed E-state index contributed by atoms with van der Waals surface area (Å²) in [7, 11) is 0. The van der Waals surface area contributed by atoms with Crippen molar-refractivity contribution in [3.05, 3.63) is 108 Å². The topological polar surface area (TPSA) is 0 Å². The average Bonchev–Trinajstić information content (AvgIpc) is 3.33. The van der Waals surface area contributed by atoms with E-state index in [1.54, 1.807) is 0 Å². The van der Waals surface area contributed by atoms with Crippen LogP contribution < -0.4 is 0 Å². The number of hydrogen-bond acceptors (Lipinski definition) is 2. The number of rotatable bonds is 0. The molecule has 32 heavy (non-hydrogen) atoms. The Morgan fingerprint density at radius 2 is 0.719 bits per heavy atom. The van der Waals surface area contributed by atoms with Gasteiger partial charge in [-0.15, -0.1) is 23.5 Å².